The Labute approximate surface area is 139 Å². The molecule has 0 unspecified atom stereocenters. The van der Waals surface area contributed by atoms with E-state index in [9.17, 15) is 4.79 Å². The molecule has 0 aromatic heterocycles. The number of nitrogens with one attached hydrogen (secondary N) is 1. The molecule has 1 N–H and O–H groups in total. The van der Waals surface area contributed by atoms with Gasteiger partial charge in [0.25, 0.3) is 0 Å². The van der Waals surface area contributed by atoms with E-state index in [0.29, 0.717) is 5.11 Å². The molecular formula is C17H16N2OS2. The van der Waals surface area contributed by atoms with Gasteiger partial charge in [0, 0.05) is 5.75 Å². The molecule has 1 aliphatic rings. The number of hydrogen-bond donors (Lipinski definition) is 1. The van der Waals surface area contributed by atoms with Crippen molar-refractivity contribution in [3.8, 4) is 0 Å². The molecule has 0 spiro atoms. The molecule has 0 saturated carbocycles. The van der Waals surface area contributed by atoms with Gasteiger partial charge in [-0.05, 0) is 23.3 Å². The van der Waals surface area contributed by atoms with Gasteiger partial charge >= 0.3 is 0 Å². The minimum atomic E-state index is -0.101. The minimum Gasteiger partial charge on any atom is -0.353 e. The van der Waals surface area contributed by atoms with Crippen molar-refractivity contribution in [2.75, 3.05) is 6.54 Å². The molecule has 0 aliphatic carbocycles. The van der Waals surface area contributed by atoms with E-state index in [1.165, 1.54) is 5.56 Å². The average molecular weight is 328 g/mol. The van der Waals surface area contributed by atoms with Crippen molar-refractivity contribution in [1.82, 2.24) is 10.2 Å². The maximum Gasteiger partial charge on any atom is 0.249 e. The van der Waals surface area contributed by atoms with Crippen LogP contribution in [0.4, 0.5) is 0 Å². The number of nitrogens with zero attached hydrogens (tertiary/aromatic N) is 1. The van der Waals surface area contributed by atoms with Crippen molar-refractivity contribution in [3.63, 3.8) is 0 Å². The monoisotopic (exact) mass is 328 g/mol. The third kappa shape index (κ3) is 3.31. The zero-order chi connectivity index (χ0) is 15.4. The summed E-state index contributed by atoms with van der Waals surface area (Å²) >= 11 is 7.02. The van der Waals surface area contributed by atoms with Gasteiger partial charge in [0.2, 0.25) is 5.91 Å². The first-order valence-electron chi connectivity index (χ1n) is 7.06. The maximum absolute atomic E-state index is 12.2. The van der Waals surface area contributed by atoms with Gasteiger partial charge in [0.15, 0.2) is 5.11 Å². The van der Waals surface area contributed by atoms with Crippen LogP contribution in [-0.2, 0) is 10.5 Å². The van der Waals surface area contributed by atoms with E-state index in [0.717, 1.165) is 11.3 Å². The number of hydrogen-bond acceptors (Lipinski definition) is 3. The van der Waals surface area contributed by atoms with Crippen LogP contribution in [0.2, 0.25) is 0 Å². The van der Waals surface area contributed by atoms with Crippen LogP contribution in [0, 0.1) is 0 Å². The molecule has 1 atom stereocenters. The molecule has 0 radical (unpaired) electrons. The van der Waals surface area contributed by atoms with Crippen LogP contribution in [0.5, 0.6) is 0 Å². The summed E-state index contributed by atoms with van der Waals surface area (Å²) in [6, 6.07) is 20.3. The number of amides is 1. The van der Waals surface area contributed by atoms with E-state index in [2.05, 4.69) is 17.4 Å². The third-order valence-electron chi connectivity index (χ3n) is 3.45. The number of rotatable bonds is 5. The highest BCUT2D eigenvalue weighted by atomic mass is 32.2. The van der Waals surface area contributed by atoms with Gasteiger partial charge in [0.1, 0.15) is 5.37 Å². The first kappa shape index (κ1) is 15.1. The highest BCUT2D eigenvalue weighted by molar-refractivity contribution is 7.98. The zero-order valence-corrected chi connectivity index (χ0v) is 13.6. The predicted octanol–water partition coefficient (Wildman–Crippen LogP) is 3.34. The van der Waals surface area contributed by atoms with Gasteiger partial charge in [-0.2, -0.15) is 0 Å². The summed E-state index contributed by atoms with van der Waals surface area (Å²) in [5.74, 6) is 0.853. The lowest BCUT2D eigenvalue weighted by Crippen LogP contribution is -2.33. The van der Waals surface area contributed by atoms with Gasteiger partial charge < -0.3 is 5.32 Å². The van der Waals surface area contributed by atoms with Crippen LogP contribution in [0.3, 0.4) is 0 Å². The van der Waals surface area contributed by atoms with E-state index in [4.69, 9.17) is 12.2 Å². The first-order valence-corrected chi connectivity index (χ1v) is 8.52. The molecule has 5 heteroatoms. The summed E-state index contributed by atoms with van der Waals surface area (Å²) < 4.78 is 0. The summed E-state index contributed by atoms with van der Waals surface area (Å²) in [5, 5.41) is 3.38. The molecule has 1 amide bonds. The average Bonchev–Trinajstić information content (AvgIpc) is 2.89. The Balaban J connectivity index is 1.83. The van der Waals surface area contributed by atoms with Crippen molar-refractivity contribution in [2.45, 2.75) is 11.1 Å². The van der Waals surface area contributed by atoms with Gasteiger partial charge in [-0.1, -0.05) is 60.7 Å². The second kappa shape index (κ2) is 6.94. The molecule has 1 saturated heterocycles. The normalized spacial score (nSPS) is 15.7. The van der Waals surface area contributed by atoms with Gasteiger partial charge in [-0.25, -0.2) is 0 Å². The van der Waals surface area contributed by atoms with Crippen molar-refractivity contribution in [3.05, 3.63) is 71.8 Å². The molecule has 112 valence electrons. The van der Waals surface area contributed by atoms with E-state index in [1.54, 1.807) is 16.7 Å². The SMILES string of the molecule is O=C1CNC(=S)N1[C@@H](SCc1ccccc1)c1ccccc1. The van der Waals surface area contributed by atoms with Gasteiger partial charge in [0.05, 0.1) is 6.54 Å². The smallest absolute Gasteiger partial charge is 0.249 e. The number of carbonyl (C=O) groups excluding carboxylic acids is 1. The molecule has 3 nitrogen and oxygen atoms in total. The van der Waals surface area contributed by atoms with Crippen LogP contribution in [-0.4, -0.2) is 22.5 Å². The van der Waals surface area contributed by atoms with Crippen LogP contribution in [0.1, 0.15) is 16.5 Å². The Morgan fingerprint density at radius 2 is 1.73 bits per heavy atom. The Morgan fingerprint density at radius 3 is 2.32 bits per heavy atom. The quantitative estimate of drug-likeness (QED) is 0.853. The molecule has 22 heavy (non-hydrogen) atoms. The fourth-order valence-electron chi connectivity index (χ4n) is 2.36. The zero-order valence-electron chi connectivity index (χ0n) is 11.9. The van der Waals surface area contributed by atoms with Crippen molar-refractivity contribution in [2.24, 2.45) is 0 Å². The van der Waals surface area contributed by atoms with Crippen molar-refractivity contribution < 1.29 is 4.79 Å². The lowest BCUT2D eigenvalue weighted by molar-refractivity contribution is -0.125. The Kier molecular flexibility index (Phi) is 4.75. The molecule has 2 aromatic rings. The summed E-state index contributed by atoms with van der Waals surface area (Å²) in [6.45, 7) is 0.286. The molecule has 3 rings (SSSR count). The van der Waals surface area contributed by atoms with Gasteiger partial charge in [-0.15, -0.1) is 11.8 Å². The van der Waals surface area contributed by atoms with Crippen LogP contribution in [0.15, 0.2) is 60.7 Å². The summed E-state index contributed by atoms with van der Waals surface area (Å²) in [4.78, 5) is 13.9. The lowest BCUT2D eigenvalue weighted by atomic mass is 10.2. The highest BCUT2D eigenvalue weighted by Crippen LogP contribution is 2.36. The maximum atomic E-state index is 12.2. The number of carbonyl (C=O) groups is 1. The molecule has 1 heterocycles. The van der Waals surface area contributed by atoms with E-state index >= 15 is 0 Å². The number of thiocarbonyl (C=S) groups is 1. The fraction of sp³-hybridized carbons (Fsp3) is 0.176. The Hall–Kier alpha value is -1.85. The second-order valence-electron chi connectivity index (χ2n) is 4.98. The Bertz CT molecular complexity index is 645. The Morgan fingerprint density at radius 1 is 1.09 bits per heavy atom. The lowest BCUT2D eigenvalue weighted by Gasteiger charge is -2.26. The topological polar surface area (TPSA) is 32.3 Å². The van der Waals surface area contributed by atoms with E-state index in [1.807, 2.05) is 48.5 Å². The highest BCUT2D eigenvalue weighted by Gasteiger charge is 2.33. The second-order valence-corrected chi connectivity index (χ2v) is 6.44. The molecule has 1 aliphatic heterocycles. The third-order valence-corrected chi connectivity index (χ3v) is 5.09. The number of thioether (sulfide) groups is 1. The summed E-state index contributed by atoms with van der Waals surface area (Å²) in [5.41, 5.74) is 2.32. The predicted molar refractivity (Wildman–Crippen MR) is 94.4 cm³/mol. The molecular weight excluding hydrogens is 312 g/mol. The largest absolute Gasteiger partial charge is 0.353 e. The van der Waals surface area contributed by atoms with Gasteiger partial charge in [-0.3, -0.25) is 9.69 Å². The molecule has 2 aromatic carbocycles. The van der Waals surface area contributed by atoms with Crippen LogP contribution >= 0.6 is 24.0 Å². The minimum absolute atomic E-state index is 0.0272. The standard InChI is InChI=1S/C17H16N2OS2/c20-15-11-18-17(21)19(15)16(14-9-5-2-6-10-14)22-12-13-7-3-1-4-8-13/h1-10,16H,11-12H2,(H,18,21)/t16-/m0/s1. The van der Waals surface area contributed by atoms with Crippen molar-refractivity contribution in [1.29, 1.82) is 0 Å². The molecule has 1 fully saturated rings. The van der Waals surface area contributed by atoms with Crippen LogP contribution in [0.25, 0.3) is 0 Å². The van der Waals surface area contributed by atoms with E-state index in [-0.39, 0.29) is 17.8 Å². The molecule has 0 bridgehead atoms. The fourth-order valence-corrected chi connectivity index (χ4v) is 3.97. The van der Waals surface area contributed by atoms with Crippen LogP contribution < -0.4 is 5.32 Å². The summed E-state index contributed by atoms with van der Waals surface area (Å²) in [6.07, 6.45) is 0. The number of benzene rings is 2. The first-order chi connectivity index (χ1) is 10.8. The van der Waals surface area contributed by atoms with Crippen molar-refractivity contribution >= 4 is 35.0 Å². The summed E-state index contributed by atoms with van der Waals surface area (Å²) in [7, 11) is 0. The van der Waals surface area contributed by atoms with E-state index < -0.39 is 0 Å².